The monoisotopic (exact) mass is 206 g/mol. The Kier molecular flexibility index (Phi) is 3.37. The molecule has 0 aromatic carbocycles. The molecule has 0 radical (unpaired) electrons. The summed E-state index contributed by atoms with van der Waals surface area (Å²) in [4.78, 5) is 7.22. The normalized spacial score (nSPS) is 14.0. The van der Waals surface area contributed by atoms with E-state index in [1.807, 2.05) is 0 Å². The third kappa shape index (κ3) is 3.27. The van der Waals surface area contributed by atoms with Crippen molar-refractivity contribution in [3.05, 3.63) is 24.3 Å². The Morgan fingerprint density at radius 2 is 1.93 bits per heavy atom. The van der Waals surface area contributed by atoms with E-state index in [0.717, 1.165) is 0 Å². The maximum absolute atomic E-state index is 12.0. The first-order chi connectivity index (χ1) is 6.53. The molecule has 3 N–H and O–H groups in total. The van der Waals surface area contributed by atoms with Crippen molar-refractivity contribution < 1.29 is 13.2 Å². The third-order valence-electron chi connectivity index (χ3n) is 1.62. The van der Waals surface area contributed by atoms with Crippen LogP contribution >= 0.6 is 0 Å². The zero-order chi connectivity index (χ0) is 10.6. The number of nitrogens with zero attached hydrogens (tertiary/aromatic N) is 2. The zero-order valence-electron chi connectivity index (χ0n) is 7.12. The summed E-state index contributed by atoms with van der Waals surface area (Å²) in [5.41, 5.74) is 2.39. The van der Waals surface area contributed by atoms with E-state index in [4.69, 9.17) is 5.84 Å². The molecule has 0 aliphatic carbocycles. The highest BCUT2D eigenvalue weighted by molar-refractivity contribution is 5.08. The first kappa shape index (κ1) is 10.9. The topological polar surface area (TPSA) is 63.8 Å². The van der Waals surface area contributed by atoms with Crippen LogP contribution in [0.2, 0.25) is 0 Å². The molecule has 7 heteroatoms. The minimum atomic E-state index is -4.27. The lowest BCUT2D eigenvalue weighted by Gasteiger charge is -2.16. The lowest BCUT2D eigenvalue weighted by Crippen LogP contribution is -2.31. The number of hydrazine groups is 1. The summed E-state index contributed by atoms with van der Waals surface area (Å²) in [6.45, 7) is 0. The number of rotatable bonds is 3. The van der Waals surface area contributed by atoms with E-state index >= 15 is 0 Å². The van der Waals surface area contributed by atoms with Crippen LogP contribution in [0, 0.1) is 0 Å². The predicted octanol–water partition coefficient (Wildman–Crippen LogP) is 0.933. The van der Waals surface area contributed by atoms with Gasteiger partial charge in [-0.3, -0.25) is 11.3 Å². The Morgan fingerprint density at radius 1 is 1.36 bits per heavy atom. The fourth-order valence-electron chi connectivity index (χ4n) is 0.995. The van der Waals surface area contributed by atoms with Crippen LogP contribution in [0.4, 0.5) is 13.2 Å². The first-order valence-corrected chi connectivity index (χ1v) is 3.80. The van der Waals surface area contributed by atoms with Crippen LogP contribution < -0.4 is 11.3 Å². The Morgan fingerprint density at radius 3 is 2.36 bits per heavy atom. The number of hydrogen-bond donors (Lipinski definition) is 2. The van der Waals surface area contributed by atoms with Crippen LogP contribution in [0.1, 0.15) is 18.0 Å². The van der Waals surface area contributed by atoms with Gasteiger partial charge in [0.1, 0.15) is 6.33 Å². The van der Waals surface area contributed by atoms with Crippen LogP contribution in [0.3, 0.4) is 0 Å². The van der Waals surface area contributed by atoms with Crippen LogP contribution in [-0.4, -0.2) is 16.1 Å². The number of nitrogens with two attached hydrogens (primary N) is 1. The summed E-state index contributed by atoms with van der Waals surface area (Å²) in [6.07, 6.45) is -1.49. The Labute approximate surface area is 78.3 Å². The van der Waals surface area contributed by atoms with Crippen molar-refractivity contribution in [2.45, 2.75) is 18.6 Å². The Bertz CT molecular complexity index is 274. The lowest BCUT2D eigenvalue weighted by atomic mass is 10.1. The van der Waals surface area contributed by atoms with Crippen molar-refractivity contribution >= 4 is 0 Å². The molecule has 0 fully saturated rings. The van der Waals surface area contributed by atoms with Crippen molar-refractivity contribution in [2.24, 2.45) is 5.84 Å². The van der Waals surface area contributed by atoms with Crippen LogP contribution in [0.5, 0.6) is 0 Å². The SMILES string of the molecule is NNC(CC(F)(F)F)c1cncnc1. The summed E-state index contributed by atoms with van der Waals surface area (Å²) in [6, 6.07) is -1.00. The Balaban J connectivity index is 2.73. The van der Waals surface area contributed by atoms with Gasteiger partial charge in [0, 0.05) is 18.0 Å². The van der Waals surface area contributed by atoms with Crippen molar-refractivity contribution in [1.29, 1.82) is 0 Å². The average Bonchev–Trinajstić information content (AvgIpc) is 2.14. The van der Waals surface area contributed by atoms with Gasteiger partial charge in [0.25, 0.3) is 0 Å². The summed E-state index contributed by atoms with van der Waals surface area (Å²) in [5.74, 6) is 5.01. The summed E-state index contributed by atoms with van der Waals surface area (Å²) in [5, 5.41) is 0. The van der Waals surface area contributed by atoms with Gasteiger partial charge in [-0.25, -0.2) is 9.97 Å². The zero-order valence-corrected chi connectivity index (χ0v) is 7.12. The van der Waals surface area contributed by atoms with Gasteiger partial charge in [-0.05, 0) is 0 Å². The molecule has 4 nitrogen and oxygen atoms in total. The summed E-state index contributed by atoms with van der Waals surface area (Å²) >= 11 is 0. The molecule has 1 rings (SSSR count). The van der Waals surface area contributed by atoms with E-state index in [2.05, 4.69) is 15.4 Å². The van der Waals surface area contributed by atoms with Gasteiger partial charge in [0.2, 0.25) is 0 Å². The molecule has 0 aliphatic heterocycles. The Hall–Kier alpha value is -1.21. The first-order valence-electron chi connectivity index (χ1n) is 3.80. The number of aromatic nitrogens is 2. The maximum atomic E-state index is 12.0. The van der Waals surface area contributed by atoms with Gasteiger partial charge < -0.3 is 0 Å². The second-order valence-electron chi connectivity index (χ2n) is 2.71. The van der Waals surface area contributed by atoms with Gasteiger partial charge in [-0.15, -0.1) is 0 Å². The number of alkyl halides is 3. The highest BCUT2D eigenvalue weighted by Crippen LogP contribution is 2.28. The molecule has 0 spiro atoms. The molecule has 1 unspecified atom stereocenters. The molecular formula is C7H9F3N4. The molecule has 1 aromatic heterocycles. The van der Waals surface area contributed by atoms with Gasteiger partial charge >= 0.3 is 6.18 Å². The van der Waals surface area contributed by atoms with Crippen molar-refractivity contribution in [3.63, 3.8) is 0 Å². The standard InChI is InChI=1S/C7H9F3N4/c8-7(9,10)1-6(14-11)5-2-12-4-13-3-5/h2-4,6,14H,1,11H2. The van der Waals surface area contributed by atoms with Crippen molar-refractivity contribution in [3.8, 4) is 0 Å². The highest BCUT2D eigenvalue weighted by Gasteiger charge is 2.32. The van der Waals surface area contributed by atoms with Crippen LogP contribution in [-0.2, 0) is 0 Å². The number of halogens is 3. The van der Waals surface area contributed by atoms with Gasteiger partial charge in [-0.1, -0.05) is 0 Å². The summed E-state index contributed by atoms with van der Waals surface area (Å²) < 4.78 is 36.1. The van der Waals surface area contributed by atoms with Crippen molar-refractivity contribution in [1.82, 2.24) is 15.4 Å². The number of nitrogens with one attached hydrogen (secondary N) is 1. The summed E-state index contributed by atoms with van der Waals surface area (Å²) in [7, 11) is 0. The van der Waals surface area contributed by atoms with Gasteiger partial charge in [0.15, 0.2) is 0 Å². The molecular weight excluding hydrogens is 197 g/mol. The van der Waals surface area contributed by atoms with Crippen LogP contribution in [0.25, 0.3) is 0 Å². The van der Waals surface area contributed by atoms with Crippen molar-refractivity contribution in [2.75, 3.05) is 0 Å². The van der Waals surface area contributed by atoms with E-state index in [9.17, 15) is 13.2 Å². The van der Waals surface area contributed by atoms with Gasteiger partial charge in [0.05, 0.1) is 12.5 Å². The van der Waals surface area contributed by atoms with E-state index in [1.165, 1.54) is 18.7 Å². The quantitative estimate of drug-likeness (QED) is 0.570. The molecule has 0 saturated carbocycles. The fourth-order valence-corrected chi connectivity index (χ4v) is 0.995. The minimum Gasteiger partial charge on any atom is -0.271 e. The average molecular weight is 206 g/mol. The minimum absolute atomic E-state index is 0.312. The molecule has 0 amide bonds. The lowest BCUT2D eigenvalue weighted by molar-refractivity contribution is -0.140. The second-order valence-corrected chi connectivity index (χ2v) is 2.71. The maximum Gasteiger partial charge on any atom is 0.390 e. The molecule has 0 bridgehead atoms. The highest BCUT2D eigenvalue weighted by atomic mass is 19.4. The van der Waals surface area contributed by atoms with E-state index in [0.29, 0.717) is 5.56 Å². The molecule has 14 heavy (non-hydrogen) atoms. The van der Waals surface area contributed by atoms with Gasteiger partial charge in [-0.2, -0.15) is 13.2 Å². The molecule has 78 valence electrons. The molecule has 0 aliphatic rings. The predicted molar refractivity (Wildman–Crippen MR) is 42.8 cm³/mol. The smallest absolute Gasteiger partial charge is 0.271 e. The largest absolute Gasteiger partial charge is 0.390 e. The third-order valence-corrected chi connectivity index (χ3v) is 1.62. The molecule has 1 atom stereocenters. The van der Waals surface area contributed by atoms with E-state index in [-0.39, 0.29) is 0 Å². The fraction of sp³-hybridized carbons (Fsp3) is 0.429. The number of hydrogen-bond acceptors (Lipinski definition) is 4. The van der Waals surface area contributed by atoms with E-state index < -0.39 is 18.6 Å². The van der Waals surface area contributed by atoms with E-state index in [1.54, 1.807) is 0 Å². The van der Waals surface area contributed by atoms with Crippen LogP contribution in [0.15, 0.2) is 18.7 Å². The molecule has 1 aromatic rings. The second kappa shape index (κ2) is 4.34. The molecule has 0 saturated heterocycles. The molecule has 1 heterocycles.